The molecule has 1 heterocycles. The Hall–Kier alpha value is -0.630. The van der Waals surface area contributed by atoms with E-state index < -0.39 is 0 Å². The van der Waals surface area contributed by atoms with Crippen molar-refractivity contribution in [2.24, 2.45) is 4.99 Å². The predicted molar refractivity (Wildman–Crippen MR) is 62.8 cm³/mol. The molecule has 14 heavy (non-hydrogen) atoms. The highest BCUT2D eigenvalue weighted by Crippen LogP contribution is 2.20. The molecule has 1 aliphatic heterocycles. The van der Waals surface area contributed by atoms with Gasteiger partial charge in [-0.05, 0) is 46.6 Å². The lowest BCUT2D eigenvalue weighted by molar-refractivity contribution is 0.231. The molecule has 0 N–H and O–H groups in total. The van der Waals surface area contributed by atoms with Gasteiger partial charge in [-0.25, -0.2) is 0 Å². The molecule has 0 aromatic carbocycles. The number of hydrogen-bond donors (Lipinski definition) is 0. The minimum atomic E-state index is 0.630. The summed E-state index contributed by atoms with van der Waals surface area (Å²) < 4.78 is 0. The van der Waals surface area contributed by atoms with Gasteiger partial charge < -0.3 is 0 Å². The van der Waals surface area contributed by atoms with Gasteiger partial charge in [0.1, 0.15) is 0 Å². The van der Waals surface area contributed by atoms with Gasteiger partial charge >= 0.3 is 0 Å². The summed E-state index contributed by atoms with van der Waals surface area (Å²) in [7, 11) is 0. The van der Waals surface area contributed by atoms with Crippen LogP contribution in [0, 0.1) is 0 Å². The monoisotopic (exact) mass is 194 g/mol. The molecule has 0 aromatic rings. The third-order valence-corrected chi connectivity index (χ3v) is 2.71. The Morgan fingerprint density at radius 1 is 1.36 bits per heavy atom. The molecule has 80 valence electrons. The maximum Gasteiger partial charge on any atom is 0.0532 e. The van der Waals surface area contributed by atoms with Gasteiger partial charge in [0.05, 0.1) is 5.70 Å². The highest BCUT2D eigenvalue weighted by Gasteiger charge is 2.17. The van der Waals surface area contributed by atoms with E-state index in [-0.39, 0.29) is 0 Å². The Labute approximate surface area is 87.7 Å². The van der Waals surface area contributed by atoms with Crippen molar-refractivity contribution in [3.63, 3.8) is 0 Å². The second-order valence-corrected chi connectivity index (χ2v) is 4.60. The zero-order valence-electron chi connectivity index (χ0n) is 10.1. The third-order valence-electron chi connectivity index (χ3n) is 2.71. The van der Waals surface area contributed by atoms with Crippen LogP contribution in [0.1, 0.15) is 41.0 Å². The Morgan fingerprint density at radius 2 is 2.00 bits per heavy atom. The Bertz CT molecular complexity index is 257. The topological polar surface area (TPSA) is 15.6 Å². The van der Waals surface area contributed by atoms with Crippen LogP contribution >= 0.6 is 0 Å². The zero-order valence-corrected chi connectivity index (χ0v) is 10.1. The summed E-state index contributed by atoms with van der Waals surface area (Å²) in [5.41, 5.74) is 3.90. The molecule has 2 heteroatoms. The minimum absolute atomic E-state index is 0.630. The lowest BCUT2D eigenvalue weighted by Crippen LogP contribution is -2.36. The first-order valence-corrected chi connectivity index (χ1v) is 5.45. The molecular weight excluding hydrogens is 172 g/mol. The van der Waals surface area contributed by atoms with E-state index >= 15 is 0 Å². The van der Waals surface area contributed by atoms with Crippen molar-refractivity contribution in [1.82, 2.24) is 4.90 Å². The van der Waals surface area contributed by atoms with Crippen molar-refractivity contribution in [2.75, 3.05) is 13.1 Å². The first-order chi connectivity index (χ1) is 6.50. The van der Waals surface area contributed by atoms with E-state index in [9.17, 15) is 0 Å². The normalized spacial score (nSPS) is 19.0. The first-order valence-electron chi connectivity index (χ1n) is 5.45. The predicted octanol–water partition coefficient (Wildman–Crippen LogP) is 2.86. The molecular formula is C12H22N2. The molecule has 0 fully saturated rings. The van der Waals surface area contributed by atoms with E-state index in [2.05, 4.69) is 44.5 Å². The summed E-state index contributed by atoms with van der Waals surface area (Å²) >= 11 is 0. The van der Waals surface area contributed by atoms with Gasteiger partial charge in [0.25, 0.3) is 0 Å². The third kappa shape index (κ3) is 2.95. The van der Waals surface area contributed by atoms with Crippen LogP contribution in [0.5, 0.6) is 0 Å². The van der Waals surface area contributed by atoms with Gasteiger partial charge in [-0.15, -0.1) is 0 Å². The van der Waals surface area contributed by atoms with Crippen LogP contribution in [0.25, 0.3) is 0 Å². The summed E-state index contributed by atoms with van der Waals surface area (Å²) in [6, 6.07) is 0.630. The standard InChI is InChI=1S/C12H22N2/c1-9(2)13-12-8-14(10(3)4)7-6-11(12)5/h10H,6-8H2,1-5H3. The van der Waals surface area contributed by atoms with Crippen molar-refractivity contribution < 1.29 is 0 Å². The first kappa shape index (κ1) is 11.4. The van der Waals surface area contributed by atoms with E-state index in [0.29, 0.717) is 6.04 Å². The molecule has 0 unspecified atom stereocenters. The fourth-order valence-corrected chi connectivity index (χ4v) is 1.70. The zero-order chi connectivity index (χ0) is 10.7. The molecule has 0 bridgehead atoms. The molecule has 0 spiro atoms. The van der Waals surface area contributed by atoms with Crippen molar-refractivity contribution in [1.29, 1.82) is 0 Å². The van der Waals surface area contributed by atoms with Crippen LogP contribution in [0.3, 0.4) is 0 Å². The van der Waals surface area contributed by atoms with Crippen LogP contribution in [-0.4, -0.2) is 29.7 Å². The van der Waals surface area contributed by atoms with Crippen LogP contribution in [0.15, 0.2) is 16.3 Å². The molecule has 0 saturated carbocycles. The molecule has 1 rings (SSSR count). The lowest BCUT2D eigenvalue weighted by Gasteiger charge is -2.31. The molecule has 0 aliphatic carbocycles. The number of aliphatic imine (C=N–C) groups is 1. The van der Waals surface area contributed by atoms with Crippen molar-refractivity contribution in [3.8, 4) is 0 Å². The average molecular weight is 194 g/mol. The summed E-state index contributed by atoms with van der Waals surface area (Å²) in [6.07, 6.45) is 1.17. The van der Waals surface area contributed by atoms with Crippen LogP contribution in [-0.2, 0) is 0 Å². The fourth-order valence-electron chi connectivity index (χ4n) is 1.70. The van der Waals surface area contributed by atoms with Crippen LogP contribution < -0.4 is 0 Å². The van der Waals surface area contributed by atoms with Crippen molar-refractivity contribution >= 4 is 5.71 Å². The van der Waals surface area contributed by atoms with Gasteiger partial charge in [-0.1, -0.05) is 0 Å². The minimum Gasteiger partial charge on any atom is -0.295 e. The molecule has 0 amide bonds. The fraction of sp³-hybridized carbons (Fsp3) is 0.750. The largest absolute Gasteiger partial charge is 0.295 e. The van der Waals surface area contributed by atoms with Gasteiger partial charge in [-0.3, -0.25) is 9.89 Å². The number of nitrogens with zero attached hydrogens (tertiary/aromatic N) is 2. The summed E-state index contributed by atoms with van der Waals surface area (Å²) in [4.78, 5) is 7.09. The molecule has 2 nitrogen and oxygen atoms in total. The SMILES string of the molecule is CC(C)=NC1=C(C)CCN(C(C)C)C1. The molecule has 1 aliphatic rings. The maximum absolute atomic E-state index is 4.60. The van der Waals surface area contributed by atoms with Crippen molar-refractivity contribution in [2.45, 2.75) is 47.1 Å². The van der Waals surface area contributed by atoms with Crippen molar-refractivity contribution in [3.05, 3.63) is 11.3 Å². The highest BCUT2D eigenvalue weighted by molar-refractivity contribution is 5.80. The van der Waals surface area contributed by atoms with Gasteiger partial charge in [-0.2, -0.15) is 0 Å². The van der Waals surface area contributed by atoms with Crippen LogP contribution in [0.4, 0.5) is 0 Å². The summed E-state index contributed by atoms with van der Waals surface area (Å²) in [5, 5.41) is 0. The average Bonchev–Trinajstić information content (AvgIpc) is 2.07. The second kappa shape index (κ2) is 4.74. The van der Waals surface area contributed by atoms with E-state index in [1.165, 1.54) is 24.2 Å². The van der Waals surface area contributed by atoms with Gasteiger partial charge in [0.2, 0.25) is 0 Å². The van der Waals surface area contributed by atoms with Gasteiger partial charge in [0.15, 0.2) is 0 Å². The molecule has 0 radical (unpaired) electrons. The number of rotatable bonds is 2. The van der Waals surface area contributed by atoms with E-state index in [1.54, 1.807) is 0 Å². The molecule has 0 saturated heterocycles. The van der Waals surface area contributed by atoms with E-state index in [0.717, 1.165) is 12.3 Å². The summed E-state index contributed by atoms with van der Waals surface area (Å²) in [5.74, 6) is 0. The molecule has 0 atom stereocenters. The Morgan fingerprint density at radius 3 is 2.50 bits per heavy atom. The van der Waals surface area contributed by atoms with E-state index in [1.807, 2.05) is 0 Å². The highest BCUT2D eigenvalue weighted by atomic mass is 15.2. The lowest BCUT2D eigenvalue weighted by atomic mass is 10.1. The number of hydrogen-bond acceptors (Lipinski definition) is 2. The maximum atomic E-state index is 4.60. The smallest absolute Gasteiger partial charge is 0.0532 e. The molecule has 0 aromatic heterocycles. The van der Waals surface area contributed by atoms with Crippen LogP contribution in [0.2, 0.25) is 0 Å². The second-order valence-electron chi connectivity index (χ2n) is 4.60. The summed E-state index contributed by atoms with van der Waals surface area (Å²) in [6.45, 7) is 13.0. The van der Waals surface area contributed by atoms with E-state index in [4.69, 9.17) is 0 Å². The Balaban J connectivity index is 2.77. The van der Waals surface area contributed by atoms with Gasteiger partial charge in [0, 0.05) is 24.8 Å². The Kier molecular flexibility index (Phi) is 3.87. The quantitative estimate of drug-likeness (QED) is 0.617.